The van der Waals surface area contributed by atoms with E-state index in [1.54, 1.807) is 19.2 Å². The van der Waals surface area contributed by atoms with Crippen LogP contribution in [-0.2, 0) is 17.7 Å². The second-order valence-electron chi connectivity index (χ2n) is 7.71. The summed E-state index contributed by atoms with van der Waals surface area (Å²) in [5.74, 6) is 1.18. The first-order chi connectivity index (χ1) is 13.6. The molecule has 2 unspecified atom stereocenters. The zero-order chi connectivity index (χ0) is 19.8. The molecule has 1 N–H and O–H groups in total. The molecule has 1 fully saturated rings. The van der Waals surface area contributed by atoms with Crippen molar-refractivity contribution in [2.45, 2.75) is 51.2 Å². The third kappa shape index (κ3) is 5.33. The van der Waals surface area contributed by atoms with Gasteiger partial charge in [-0.3, -0.25) is 0 Å². The van der Waals surface area contributed by atoms with Crippen molar-refractivity contribution in [2.75, 3.05) is 20.3 Å². The van der Waals surface area contributed by atoms with Crippen molar-refractivity contribution in [3.05, 3.63) is 65.5 Å². The minimum Gasteiger partial charge on any atom is -0.497 e. The summed E-state index contributed by atoms with van der Waals surface area (Å²) >= 11 is 0. The number of rotatable bonds is 9. The van der Waals surface area contributed by atoms with Gasteiger partial charge in [0.1, 0.15) is 11.6 Å². The van der Waals surface area contributed by atoms with Crippen LogP contribution in [0.2, 0.25) is 0 Å². The van der Waals surface area contributed by atoms with Crippen LogP contribution in [0.15, 0.2) is 48.5 Å². The van der Waals surface area contributed by atoms with Gasteiger partial charge in [0, 0.05) is 13.2 Å². The van der Waals surface area contributed by atoms with Gasteiger partial charge in [0.15, 0.2) is 0 Å². The van der Waals surface area contributed by atoms with E-state index in [4.69, 9.17) is 9.47 Å². The van der Waals surface area contributed by atoms with Gasteiger partial charge in [0.05, 0.1) is 12.7 Å². The lowest BCUT2D eigenvalue weighted by molar-refractivity contribution is -0.125. The second kappa shape index (κ2) is 10.0. The number of hydrogen-bond acceptors (Lipinski definition) is 3. The van der Waals surface area contributed by atoms with Crippen molar-refractivity contribution in [3.63, 3.8) is 0 Å². The molecule has 0 aromatic heterocycles. The zero-order valence-electron chi connectivity index (χ0n) is 17.0. The molecule has 3 rings (SSSR count). The summed E-state index contributed by atoms with van der Waals surface area (Å²) in [6.45, 7) is 4.82. The SMILES string of the molecule is CCC1(CCNCc2ccc(OC)cc2)OCCCC1Cc1ccc(F)cc1. The third-order valence-corrected chi connectivity index (χ3v) is 6.04. The standard InChI is InChI=1S/C24H32FNO2/c1-3-24(14-15-26-18-20-8-12-23(27-2)13-9-20)21(5-4-16-28-24)17-19-6-10-22(25)11-7-19/h6-13,21,26H,3-5,14-18H2,1-2H3. The van der Waals surface area contributed by atoms with E-state index in [1.165, 1.54) is 17.5 Å². The molecule has 152 valence electrons. The molecule has 2 aromatic carbocycles. The fourth-order valence-corrected chi connectivity index (χ4v) is 4.30. The normalized spacial score (nSPS) is 22.2. The van der Waals surface area contributed by atoms with Crippen molar-refractivity contribution >= 4 is 0 Å². The Morgan fingerprint density at radius 1 is 1.11 bits per heavy atom. The van der Waals surface area contributed by atoms with Crippen molar-refractivity contribution in [1.29, 1.82) is 0 Å². The summed E-state index contributed by atoms with van der Waals surface area (Å²) in [7, 11) is 1.68. The monoisotopic (exact) mass is 385 g/mol. The Hall–Kier alpha value is -1.91. The summed E-state index contributed by atoms with van der Waals surface area (Å²) in [6.07, 6.45) is 5.22. The van der Waals surface area contributed by atoms with Gasteiger partial charge in [0.2, 0.25) is 0 Å². The lowest BCUT2D eigenvalue weighted by Crippen LogP contribution is -2.46. The first-order valence-corrected chi connectivity index (χ1v) is 10.4. The van der Waals surface area contributed by atoms with Crippen LogP contribution in [-0.4, -0.2) is 25.9 Å². The summed E-state index contributed by atoms with van der Waals surface area (Å²) in [5.41, 5.74) is 2.35. The Morgan fingerprint density at radius 3 is 2.50 bits per heavy atom. The summed E-state index contributed by atoms with van der Waals surface area (Å²) in [5, 5.41) is 3.57. The van der Waals surface area contributed by atoms with Crippen LogP contribution >= 0.6 is 0 Å². The molecule has 1 saturated heterocycles. The molecule has 0 saturated carbocycles. The Balaban J connectivity index is 1.56. The molecule has 4 heteroatoms. The van der Waals surface area contributed by atoms with Crippen molar-refractivity contribution < 1.29 is 13.9 Å². The Morgan fingerprint density at radius 2 is 1.82 bits per heavy atom. The summed E-state index contributed by atoms with van der Waals surface area (Å²) in [4.78, 5) is 0. The van der Waals surface area contributed by atoms with E-state index >= 15 is 0 Å². The smallest absolute Gasteiger partial charge is 0.123 e. The second-order valence-corrected chi connectivity index (χ2v) is 7.71. The van der Waals surface area contributed by atoms with Crippen LogP contribution in [0.1, 0.15) is 43.7 Å². The number of benzene rings is 2. The highest BCUT2D eigenvalue weighted by Crippen LogP contribution is 2.38. The molecule has 28 heavy (non-hydrogen) atoms. The van der Waals surface area contributed by atoms with E-state index < -0.39 is 0 Å². The average molecular weight is 386 g/mol. The molecule has 0 amide bonds. The lowest BCUT2D eigenvalue weighted by Gasteiger charge is -2.44. The molecule has 2 aromatic rings. The Kier molecular flexibility index (Phi) is 7.46. The first-order valence-electron chi connectivity index (χ1n) is 10.4. The lowest BCUT2D eigenvalue weighted by atomic mass is 9.74. The first kappa shape index (κ1) is 20.8. The van der Waals surface area contributed by atoms with Crippen molar-refractivity contribution in [3.8, 4) is 5.75 Å². The molecule has 2 atom stereocenters. The number of halogens is 1. The molecule has 0 radical (unpaired) electrons. The average Bonchev–Trinajstić information content (AvgIpc) is 2.74. The molecule has 0 aliphatic carbocycles. The van der Waals surface area contributed by atoms with E-state index in [-0.39, 0.29) is 11.4 Å². The molecule has 1 aliphatic heterocycles. The number of methoxy groups -OCH3 is 1. The van der Waals surface area contributed by atoms with Gasteiger partial charge in [-0.15, -0.1) is 0 Å². The number of nitrogens with one attached hydrogen (secondary N) is 1. The molecule has 0 bridgehead atoms. The van der Waals surface area contributed by atoms with Gasteiger partial charge in [-0.25, -0.2) is 4.39 Å². The van der Waals surface area contributed by atoms with Crippen LogP contribution in [0.3, 0.4) is 0 Å². The van der Waals surface area contributed by atoms with Crippen LogP contribution in [0.25, 0.3) is 0 Å². The highest BCUT2D eigenvalue weighted by Gasteiger charge is 2.39. The molecular formula is C24H32FNO2. The van der Waals surface area contributed by atoms with Crippen LogP contribution in [0.4, 0.5) is 4.39 Å². The van der Waals surface area contributed by atoms with Gasteiger partial charge in [-0.2, -0.15) is 0 Å². The van der Waals surface area contributed by atoms with Crippen LogP contribution in [0.5, 0.6) is 5.75 Å². The minimum atomic E-state index is -0.173. The van der Waals surface area contributed by atoms with Crippen LogP contribution in [0, 0.1) is 11.7 Å². The molecular weight excluding hydrogens is 353 g/mol. The Labute approximate surface area is 168 Å². The third-order valence-electron chi connectivity index (χ3n) is 6.04. The maximum absolute atomic E-state index is 13.2. The zero-order valence-corrected chi connectivity index (χ0v) is 17.0. The van der Waals surface area contributed by atoms with E-state index in [1.807, 2.05) is 24.3 Å². The topological polar surface area (TPSA) is 30.5 Å². The largest absolute Gasteiger partial charge is 0.497 e. The van der Waals surface area contributed by atoms with E-state index in [9.17, 15) is 4.39 Å². The molecule has 0 spiro atoms. The highest BCUT2D eigenvalue weighted by atomic mass is 19.1. The quantitative estimate of drug-likeness (QED) is 0.607. The van der Waals surface area contributed by atoms with E-state index in [0.717, 1.165) is 51.1 Å². The maximum Gasteiger partial charge on any atom is 0.123 e. The Bertz CT molecular complexity index is 716. The maximum atomic E-state index is 13.2. The fraction of sp³-hybridized carbons (Fsp3) is 0.500. The summed E-state index contributed by atoms with van der Waals surface area (Å²) < 4.78 is 24.8. The predicted octanol–water partition coefficient (Wildman–Crippen LogP) is 5.13. The minimum absolute atomic E-state index is 0.0977. The van der Waals surface area contributed by atoms with Crippen LogP contribution < -0.4 is 10.1 Å². The number of hydrogen-bond donors (Lipinski definition) is 1. The van der Waals surface area contributed by atoms with Crippen molar-refractivity contribution in [1.82, 2.24) is 5.32 Å². The molecule has 1 aliphatic rings. The molecule has 3 nitrogen and oxygen atoms in total. The van der Waals surface area contributed by atoms with Gasteiger partial charge in [-0.05, 0) is 80.0 Å². The highest BCUT2D eigenvalue weighted by molar-refractivity contribution is 5.27. The van der Waals surface area contributed by atoms with Crippen molar-refractivity contribution in [2.24, 2.45) is 5.92 Å². The van der Waals surface area contributed by atoms with E-state index in [2.05, 4.69) is 24.4 Å². The molecule has 1 heterocycles. The number of ether oxygens (including phenoxy) is 2. The van der Waals surface area contributed by atoms with Gasteiger partial charge < -0.3 is 14.8 Å². The predicted molar refractivity (Wildman–Crippen MR) is 111 cm³/mol. The van der Waals surface area contributed by atoms with Gasteiger partial charge >= 0.3 is 0 Å². The van der Waals surface area contributed by atoms with Gasteiger partial charge in [0.25, 0.3) is 0 Å². The summed E-state index contributed by atoms with van der Waals surface area (Å²) in [6, 6.07) is 15.1. The van der Waals surface area contributed by atoms with Gasteiger partial charge in [-0.1, -0.05) is 31.2 Å². The van der Waals surface area contributed by atoms with E-state index in [0.29, 0.717) is 5.92 Å². The fourth-order valence-electron chi connectivity index (χ4n) is 4.30.